The molecule has 3 N–H and O–H groups in total. The van der Waals surface area contributed by atoms with Crippen molar-refractivity contribution in [2.45, 2.75) is 142 Å². The predicted octanol–water partition coefficient (Wildman–Crippen LogP) is 9.13. The van der Waals surface area contributed by atoms with Crippen LogP contribution in [-0.2, 0) is 4.74 Å². The van der Waals surface area contributed by atoms with Gasteiger partial charge in [-0.05, 0) is 31.2 Å². The van der Waals surface area contributed by atoms with Gasteiger partial charge in [0.05, 0.1) is 12.2 Å². The van der Waals surface area contributed by atoms with E-state index < -0.39 is 17.5 Å². The number of ether oxygens (including phenoxy) is 1. The highest BCUT2D eigenvalue weighted by atomic mass is 16.5. The van der Waals surface area contributed by atoms with Crippen molar-refractivity contribution in [2.75, 3.05) is 6.61 Å². The van der Waals surface area contributed by atoms with Gasteiger partial charge in [0.2, 0.25) is 5.75 Å². The number of phenols is 3. The summed E-state index contributed by atoms with van der Waals surface area (Å²) < 4.78 is 5.53. The van der Waals surface area contributed by atoms with Gasteiger partial charge >= 0.3 is 5.97 Å². The highest BCUT2D eigenvalue weighted by Gasteiger charge is 2.27. The summed E-state index contributed by atoms with van der Waals surface area (Å²) in [6.45, 7) is 6.82. The minimum absolute atomic E-state index is 0.0620. The van der Waals surface area contributed by atoms with Crippen LogP contribution in [0.1, 0.15) is 158 Å². The van der Waals surface area contributed by atoms with Crippen molar-refractivity contribution in [2.24, 2.45) is 0 Å². The zero-order valence-electron chi connectivity index (χ0n) is 22.7. The van der Waals surface area contributed by atoms with Gasteiger partial charge in [0.15, 0.2) is 11.5 Å². The molecule has 1 aromatic rings. The lowest BCUT2D eigenvalue weighted by Crippen LogP contribution is -2.13. The zero-order chi connectivity index (χ0) is 25.9. The number of hydrogen-bond donors (Lipinski definition) is 3. The lowest BCUT2D eigenvalue weighted by atomic mass is 9.85. The maximum absolute atomic E-state index is 12.9. The van der Waals surface area contributed by atoms with E-state index in [2.05, 4.69) is 20.8 Å². The number of aromatic hydroxyl groups is 3. The summed E-state index contributed by atoms with van der Waals surface area (Å²) in [6.07, 6.45) is 20.3. The number of unbranched alkanes of at least 4 members (excludes halogenated alkanes) is 13. The summed E-state index contributed by atoms with van der Waals surface area (Å²) in [5.41, 5.74) is 0.600. The molecule has 1 unspecified atom stereocenters. The Morgan fingerprint density at radius 3 is 1.74 bits per heavy atom. The van der Waals surface area contributed by atoms with E-state index in [1.807, 2.05) is 0 Å². The van der Waals surface area contributed by atoms with E-state index in [9.17, 15) is 20.1 Å². The third-order valence-corrected chi connectivity index (χ3v) is 6.95. The Labute approximate surface area is 214 Å². The Bertz CT molecular complexity index is 700. The van der Waals surface area contributed by atoms with Crippen LogP contribution in [0, 0.1) is 0 Å². The van der Waals surface area contributed by atoms with Crippen molar-refractivity contribution in [1.82, 2.24) is 0 Å². The Kier molecular flexibility index (Phi) is 17.2. The van der Waals surface area contributed by atoms with E-state index in [4.69, 9.17) is 4.74 Å². The lowest BCUT2D eigenvalue weighted by Gasteiger charge is -2.22. The molecule has 0 heterocycles. The number of phenolic OH excluding ortho intramolecular Hbond substituents is 3. The van der Waals surface area contributed by atoms with Gasteiger partial charge in [-0.2, -0.15) is 0 Å². The number of benzene rings is 1. The molecule has 0 saturated heterocycles. The van der Waals surface area contributed by atoms with E-state index in [1.165, 1.54) is 70.3 Å². The van der Waals surface area contributed by atoms with Crippen LogP contribution in [0.2, 0.25) is 0 Å². The second kappa shape index (κ2) is 19.3. The maximum atomic E-state index is 12.9. The summed E-state index contributed by atoms with van der Waals surface area (Å²) in [4.78, 5) is 12.9. The average molecular weight is 493 g/mol. The first kappa shape index (κ1) is 31.1. The van der Waals surface area contributed by atoms with Crippen LogP contribution in [0.25, 0.3) is 0 Å². The van der Waals surface area contributed by atoms with Crippen LogP contribution in [0.15, 0.2) is 6.07 Å². The SMILES string of the molecule is CCCCCCCCCCCCOC(=O)c1cc(O)c(O)c(O)c1C(CCC)CCCCCCC. The maximum Gasteiger partial charge on any atom is 0.338 e. The number of carbonyl (C=O) groups excluding carboxylic acids is 1. The molecule has 0 radical (unpaired) electrons. The predicted molar refractivity (Wildman–Crippen MR) is 145 cm³/mol. The van der Waals surface area contributed by atoms with Gasteiger partial charge in [0, 0.05) is 5.56 Å². The van der Waals surface area contributed by atoms with Crippen molar-refractivity contribution in [3.63, 3.8) is 0 Å². The number of hydrogen-bond acceptors (Lipinski definition) is 5. The number of carbonyl (C=O) groups is 1. The molecule has 0 amide bonds. The van der Waals surface area contributed by atoms with Gasteiger partial charge in [-0.25, -0.2) is 4.79 Å². The molecule has 0 aliphatic heterocycles. The van der Waals surface area contributed by atoms with E-state index >= 15 is 0 Å². The quantitative estimate of drug-likeness (QED) is 0.0904. The highest BCUT2D eigenvalue weighted by molar-refractivity contribution is 5.93. The summed E-state index contributed by atoms with van der Waals surface area (Å²) in [7, 11) is 0. The van der Waals surface area contributed by atoms with Crippen LogP contribution >= 0.6 is 0 Å². The molecule has 0 spiro atoms. The second-order valence-electron chi connectivity index (χ2n) is 10.1. The molecule has 1 aromatic carbocycles. The molecular weight excluding hydrogens is 440 g/mol. The minimum atomic E-state index is -0.557. The smallest absolute Gasteiger partial charge is 0.338 e. The van der Waals surface area contributed by atoms with E-state index in [-0.39, 0.29) is 17.2 Å². The molecule has 0 aliphatic rings. The van der Waals surface area contributed by atoms with Gasteiger partial charge < -0.3 is 20.1 Å². The van der Waals surface area contributed by atoms with Crippen LogP contribution in [0.5, 0.6) is 17.2 Å². The zero-order valence-corrected chi connectivity index (χ0v) is 22.7. The Morgan fingerprint density at radius 2 is 1.20 bits per heavy atom. The van der Waals surface area contributed by atoms with Crippen LogP contribution in [0.4, 0.5) is 0 Å². The molecule has 35 heavy (non-hydrogen) atoms. The molecule has 0 fully saturated rings. The standard InChI is InChI=1S/C30H52O5/c1-4-7-9-11-12-13-14-15-17-19-22-35-30(34)25-23-26(31)28(32)29(33)27(25)24(20-6-3)21-18-16-10-8-5-2/h23-24,31-33H,4-22H2,1-3H3. The summed E-state index contributed by atoms with van der Waals surface area (Å²) >= 11 is 0. The van der Waals surface area contributed by atoms with E-state index in [0.29, 0.717) is 12.2 Å². The summed E-state index contributed by atoms with van der Waals surface area (Å²) in [5.74, 6) is -2.03. The van der Waals surface area contributed by atoms with Crippen LogP contribution < -0.4 is 0 Å². The van der Waals surface area contributed by atoms with Crippen LogP contribution in [-0.4, -0.2) is 27.9 Å². The van der Waals surface area contributed by atoms with Gasteiger partial charge in [-0.15, -0.1) is 0 Å². The molecule has 1 rings (SSSR count). The fourth-order valence-electron chi connectivity index (χ4n) is 4.85. The summed E-state index contributed by atoms with van der Waals surface area (Å²) in [6, 6.07) is 1.25. The third-order valence-electron chi connectivity index (χ3n) is 6.95. The fraction of sp³-hybridized carbons (Fsp3) is 0.767. The van der Waals surface area contributed by atoms with E-state index in [0.717, 1.165) is 51.4 Å². The Hall–Kier alpha value is -1.91. The minimum Gasteiger partial charge on any atom is -0.504 e. The van der Waals surface area contributed by atoms with Gasteiger partial charge in [0.25, 0.3) is 0 Å². The topological polar surface area (TPSA) is 87.0 Å². The monoisotopic (exact) mass is 492 g/mol. The molecule has 0 saturated carbocycles. The van der Waals surface area contributed by atoms with Crippen LogP contribution in [0.3, 0.4) is 0 Å². The second-order valence-corrected chi connectivity index (χ2v) is 10.1. The van der Waals surface area contributed by atoms with Crippen molar-refractivity contribution >= 4 is 5.97 Å². The Balaban J connectivity index is 2.64. The molecule has 0 aromatic heterocycles. The van der Waals surface area contributed by atoms with Gasteiger partial charge in [-0.3, -0.25) is 0 Å². The number of esters is 1. The normalized spacial score (nSPS) is 12.1. The first-order chi connectivity index (χ1) is 17.0. The van der Waals surface area contributed by atoms with Crippen molar-refractivity contribution in [1.29, 1.82) is 0 Å². The molecule has 5 heteroatoms. The third kappa shape index (κ3) is 12.1. The highest BCUT2D eigenvalue weighted by Crippen LogP contribution is 2.45. The largest absolute Gasteiger partial charge is 0.504 e. The molecule has 1 atom stereocenters. The first-order valence-electron chi connectivity index (χ1n) is 14.4. The molecule has 0 bridgehead atoms. The average Bonchev–Trinajstić information content (AvgIpc) is 2.85. The van der Waals surface area contributed by atoms with Gasteiger partial charge in [-0.1, -0.05) is 117 Å². The van der Waals surface area contributed by atoms with Crippen molar-refractivity contribution < 1.29 is 24.9 Å². The van der Waals surface area contributed by atoms with Gasteiger partial charge in [0.1, 0.15) is 0 Å². The molecule has 5 nitrogen and oxygen atoms in total. The number of rotatable bonds is 21. The first-order valence-corrected chi connectivity index (χ1v) is 14.4. The molecular formula is C30H52O5. The summed E-state index contributed by atoms with van der Waals surface area (Å²) in [5, 5.41) is 30.9. The van der Waals surface area contributed by atoms with Crippen molar-refractivity contribution in [3.05, 3.63) is 17.2 Å². The molecule has 202 valence electrons. The fourth-order valence-corrected chi connectivity index (χ4v) is 4.85. The molecule has 0 aliphatic carbocycles. The lowest BCUT2D eigenvalue weighted by molar-refractivity contribution is 0.0494. The Morgan fingerprint density at radius 1 is 0.686 bits per heavy atom. The van der Waals surface area contributed by atoms with Crippen molar-refractivity contribution in [3.8, 4) is 17.2 Å². The van der Waals surface area contributed by atoms with E-state index in [1.54, 1.807) is 0 Å².